The van der Waals surface area contributed by atoms with Crippen LogP contribution < -0.4 is 4.90 Å². The molecule has 0 spiro atoms. The number of anilines is 1. The molecule has 31 heavy (non-hydrogen) atoms. The minimum atomic E-state index is -0.563. The van der Waals surface area contributed by atoms with Crippen LogP contribution >= 0.6 is 0 Å². The minimum absolute atomic E-state index is 0.0386. The molecule has 1 aliphatic heterocycles. The molecule has 160 valence electrons. The molecule has 0 atom stereocenters. The molecule has 1 fully saturated rings. The fourth-order valence-electron chi connectivity index (χ4n) is 4.01. The Morgan fingerprint density at radius 2 is 1.77 bits per heavy atom. The number of hydrogen-bond acceptors (Lipinski definition) is 7. The van der Waals surface area contributed by atoms with Gasteiger partial charge < -0.3 is 14.7 Å². The summed E-state index contributed by atoms with van der Waals surface area (Å²) < 4.78 is 4.84. The van der Waals surface area contributed by atoms with E-state index in [1.54, 1.807) is 18.2 Å². The van der Waals surface area contributed by atoms with Crippen LogP contribution in [0.2, 0.25) is 0 Å². The summed E-state index contributed by atoms with van der Waals surface area (Å²) >= 11 is 0. The van der Waals surface area contributed by atoms with Gasteiger partial charge in [0.15, 0.2) is 0 Å². The lowest BCUT2D eigenvalue weighted by Crippen LogP contribution is -2.46. The molecule has 0 unspecified atom stereocenters. The maximum Gasteiger partial charge on any atom is 0.341 e. The Balaban J connectivity index is 1.52. The summed E-state index contributed by atoms with van der Waals surface area (Å²) in [6.07, 6.45) is 0. The number of hydrogen-bond donors (Lipinski definition) is 1. The minimum Gasteiger partial charge on any atom is -0.507 e. The highest BCUT2D eigenvalue weighted by Gasteiger charge is 2.23. The predicted molar refractivity (Wildman–Crippen MR) is 118 cm³/mol. The number of phenols is 1. The summed E-state index contributed by atoms with van der Waals surface area (Å²) in [6, 6.07) is 15.9. The van der Waals surface area contributed by atoms with Gasteiger partial charge >= 0.3 is 5.97 Å². The van der Waals surface area contributed by atoms with Crippen molar-refractivity contribution in [3.05, 3.63) is 75.8 Å². The van der Waals surface area contributed by atoms with Crippen LogP contribution in [0.15, 0.2) is 54.6 Å². The lowest BCUT2D eigenvalue weighted by Gasteiger charge is -2.36. The number of nitrogens with zero attached hydrogens (tertiary/aromatic N) is 3. The quantitative estimate of drug-likeness (QED) is 0.382. The molecule has 0 aliphatic carbocycles. The van der Waals surface area contributed by atoms with Gasteiger partial charge in [-0.05, 0) is 29.0 Å². The van der Waals surface area contributed by atoms with E-state index in [0.29, 0.717) is 12.1 Å². The number of aromatic hydroxyl groups is 1. The van der Waals surface area contributed by atoms with Gasteiger partial charge in [0.1, 0.15) is 11.3 Å². The van der Waals surface area contributed by atoms with Gasteiger partial charge in [0.25, 0.3) is 5.69 Å². The van der Waals surface area contributed by atoms with Gasteiger partial charge in [-0.3, -0.25) is 15.0 Å². The number of methoxy groups -OCH3 is 1. The Labute approximate surface area is 179 Å². The van der Waals surface area contributed by atoms with Gasteiger partial charge in [-0.15, -0.1) is 0 Å². The van der Waals surface area contributed by atoms with E-state index in [4.69, 9.17) is 4.74 Å². The van der Waals surface area contributed by atoms with Gasteiger partial charge in [-0.2, -0.15) is 0 Å². The van der Waals surface area contributed by atoms with Crippen molar-refractivity contribution in [1.82, 2.24) is 4.90 Å². The van der Waals surface area contributed by atoms with Crippen molar-refractivity contribution in [1.29, 1.82) is 0 Å². The Morgan fingerprint density at radius 3 is 2.42 bits per heavy atom. The smallest absolute Gasteiger partial charge is 0.341 e. The second kappa shape index (κ2) is 8.61. The van der Waals surface area contributed by atoms with Crippen molar-refractivity contribution in [3.8, 4) is 5.75 Å². The fraction of sp³-hybridized carbons (Fsp3) is 0.261. The second-order valence-corrected chi connectivity index (χ2v) is 7.50. The van der Waals surface area contributed by atoms with Crippen LogP contribution in [0.25, 0.3) is 10.8 Å². The van der Waals surface area contributed by atoms with E-state index in [1.165, 1.54) is 19.2 Å². The molecule has 0 bridgehead atoms. The molecular formula is C23H23N3O5. The molecule has 8 nitrogen and oxygen atoms in total. The lowest BCUT2D eigenvalue weighted by molar-refractivity contribution is -0.384. The first-order chi connectivity index (χ1) is 15.0. The molecule has 4 rings (SSSR count). The first-order valence-electron chi connectivity index (χ1n) is 10.0. The van der Waals surface area contributed by atoms with Crippen molar-refractivity contribution in [3.63, 3.8) is 0 Å². The van der Waals surface area contributed by atoms with Crippen molar-refractivity contribution < 1.29 is 19.6 Å². The summed E-state index contributed by atoms with van der Waals surface area (Å²) in [5, 5.41) is 23.5. The Hall–Kier alpha value is -3.65. The highest BCUT2D eigenvalue weighted by Crippen LogP contribution is 2.33. The van der Waals surface area contributed by atoms with Crippen LogP contribution in [0.3, 0.4) is 0 Å². The standard InChI is InChI=1S/C23H23N3O5/c1-31-23(28)20-14-16-4-2-3-5-19(16)21(22(20)27)15-24-10-12-25(13-11-24)17-6-8-18(9-7-17)26(29)30/h2-9,14,27H,10-13,15H2,1H3. The van der Waals surface area contributed by atoms with Crippen LogP contribution in [-0.4, -0.2) is 54.2 Å². The summed E-state index contributed by atoms with van der Waals surface area (Å²) in [4.78, 5) is 27.0. The van der Waals surface area contributed by atoms with Gasteiger partial charge in [0.05, 0.1) is 12.0 Å². The highest BCUT2D eigenvalue weighted by molar-refractivity contribution is 6.00. The fourth-order valence-corrected chi connectivity index (χ4v) is 4.01. The number of benzene rings is 3. The van der Waals surface area contributed by atoms with E-state index in [-0.39, 0.29) is 17.0 Å². The van der Waals surface area contributed by atoms with Gasteiger partial charge in [-0.1, -0.05) is 24.3 Å². The molecule has 0 amide bonds. The van der Waals surface area contributed by atoms with Crippen molar-refractivity contribution >= 4 is 28.1 Å². The van der Waals surface area contributed by atoms with E-state index in [1.807, 2.05) is 24.3 Å². The van der Waals surface area contributed by atoms with Crippen LogP contribution in [0.5, 0.6) is 5.75 Å². The van der Waals surface area contributed by atoms with E-state index < -0.39 is 10.9 Å². The van der Waals surface area contributed by atoms with Crippen LogP contribution in [0.4, 0.5) is 11.4 Å². The largest absolute Gasteiger partial charge is 0.507 e. The normalized spacial score (nSPS) is 14.5. The molecule has 1 aliphatic rings. The molecule has 1 saturated heterocycles. The maximum atomic E-state index is 12.1. The zero-order chi connectivity index (χ0) is 22.0. The average Bonchev–Trinajstić information content (AvgIpc) is 2.80. The van der Waals surface area contributed by atoms with E-state index in [9.17, 15) is 20.0 Å². The molecule has 0 radical (unpaired) electrons. The Morgan fingerprint density at radius 1 is 1.10 bits per heavy atom. The summed E-state index contributed by atoms with van der Waals surface area (Å²) in [5.74, 6) is -0.601. The molecule has 0 aromatic heterocycles. The third kappa shape index (κ3) is 4.15. The summed E-state index contributed by atoms with van der Waals surface area (Å²) in [7, 11) is 1.30. The van der Waals surface area contributed by atoms with Crippen LogP contribution in [0.1, 0.15) is 15.9 Å². The highest BCUT2D eigenvalue weighted by atomic mass is 16.6. The number of carbonyl (C=O) groups is 1. The van der Waals surface area contributed by atoms with E-state index in [2.05, 4.69) is 9.80 Å². The van der Waals surface area contributed by atoms with Gasteiger partial charge in [0, 0.05) is 56.1 Å². The van der Waals surface area contributed by atoms with Crippen molar-refractivity contribution in [2.45, 2.75) is 6.54 Å². The number of piperazine rings is 1. The Bertz CT molecular complexity index is 1120. The second-order valence-electron chi connectivity index (χ2n) is 7.50. The molecular weight excluding hydrogens is 398 g/mol. The molecule has 8 heteroatoms. The topological polar surface area (TPSA) is 96.2 Å². The van der Waals surface area contributed by atoms with E-state index in [0.717, 1.165) is 42.6 Å². The number of fused-ring (bicyclic) bond motifs is 1. The first-order valence-corrected chi connectivity index (χ1v) is 10.0. The van der Waals surface area contributed by atoms with Crippen LogP contribution in [-0.2, 0) is 11.3 Å². The zero-order valence-corrected chi connectivity index (χ0v) is 17.2. The third-order valence-corrected chi connectivity index (χ3v) is 5.71. The van der Waals surface area contributed by atoms with Crippen LogP contribution in [0, 0.1) is 10.1 Å². The maximum absolute atomic E-state index is 12.1. The monoisotopic (exact) mass is 421 g/mol. The number of carbonyl (C=O) groups excluding carboxylic acids is 1. The summed E-state index contributed by atoms with van der Waals surface area (Å²) in [6.45, 7) is 3.53. The van der Waals surface area contributed by atoms with Gasteiger partial charge in [0.2, 0.25) is 0 Å². The third-order valence-electron chi connectivity index (χ3n) is 5.71. The van der Waals surface area contributed by atoms with Gasteiger partial charge in [-0.25, -0.2) is 4.79 Å². The molecule has 1 heterocycles. The molecule has 3 aromatic rings. The number of esters is 1. The number of phenolic OH excluding ortho intramolecular Hbond substituents is 1. The predicted octanol–water partition coefficient (Wildman–Crippen LogP) is 3.56. The first kappa shape index (κ1) is 20.6. The molecule has 3 aromatic carbocycles. The number of non-ortho nitro benzene ring substituents is 1. The summed E-state index contributed by atoms with van der Waals surface area (Å²) in [5.41, 5.74) is 1.91. The SMILES string of the molecule is COC(=O)c1cc2ccccc2c(CN2CCN(c3ccc([N+](=O)[O-])cc3)CC2)c1O. The average molecular weight is 421 g/mol. The van der Waals surface area contributed by atoms with Crippen molar-refractivity contribution in [2.24, 2.45) is 0 Å². The number of nitro benzene ring substituents is 1. The number of nitro groups is 1. The number of rotatable bonds is 5. The Kier molecular flexibility index (Phi) is 5.73. The number of ether oxygens (including phenoxy) is 1. The molecule has 1 N–H and O–H groups in total. The molecule has 0 saturated carbocycles. The van der Waals surface area contributed by atoms with Crippen molar-refractivity contribution in [2.75, 3.05) is 38.2 Å². The zero-order valence-electron chi connectivity index (χ0n) is 17.2. The van der Waals surface area contributed by atoms with E-state index >= 15 is 0 Å². The lowest BCUT2D eigenvalue weighted by atomic mass is 9.98.